The minimum atomic E-state index is -1.25. The molecule has 12 N–H and O–H groups in total. The molecule has 0 unspecified atom stereocenters. The molecule has 0 aromatic heterocycles. The van der Waals surface area contributed by atoms with E-state index in [4.69, 9.17) is 33.8 Å². The first-order valence-corrected chi connectivity index (χ1v) is 7.16. The fourth-order valence-electron chi connectivity index (χ4n) is 1.33. The summed E-state index contributed by atoms with van der Waals surface area (Å²) in [5.41, 5.74) is 20.3. The normalized spacial score (nSPS) is 11.6. The van der Waals surface area contributed by atoms with E-state index < -0.39 is 24.0 Å². The van der Waals surface area contributed by atoms with Gasteiger partial charge in [-0.25, -0.2) is 0 Å². The van der Waals surface area contributed by atoms with Crippen LogP contribution in [0.2, 0.25) is 0 Å². The first kappa shape index (κ1) is 28.1. The molecule has 0 aliphatic heterocycles. The fourth-order valence-corrected chi connectivity index (χ4v) is 1.33. The Labute approximate surface area is 166 Å². The Balaban J connectivity index is -0.000000372. The maximum Gasteiger partial charge on any atom is 2.00 e. The van der Waals surface area contributed by atoms with Crippen LogP contribution in [0.5, 0.6) is 0 Å². The Morgan fingerprint density at radius 3 is 1.32 bits per heavy atom. The van der Waals surface area contributed by atoms with E-state index >= 15 is 0 Å². The molecule has 12 nitrogen and oxygen atoms in total. The number of hydrogen-bond acceptors (Lipinski definition) is 8. The molecular weight excluding hydrogens is 527 g/mol. The summed E-state index contributed by atoms with van der Waals surface area (Å²) >= 11 is 0. The van der Waals surface area contributed by atoms with Crippen molar-refractivity contribution in [2.45, 2.75) is 37.8 Å². The molecular formula is C12H26N8O4Pb. The Morgan fingerprint density at radius 1 is 0.840 bits per heavy atom. The smallest absolute Gasteiger partial charge is 0.548 e. The monoisotopic (exact) mass is 554 g/mol. The minimum Gasteiger partial charge on any atom is -0.548 e. The Hall–Kier alpha value is -1.68. The summed E-state index contributed by atoms with van der Waals surface area (Å²) in [4.78, 5) is 20.2. The van der Waals surface area contributed by atoms with E-state index in [1.165, 1.54) is 0 Å². The number of carbonyl (C=O) groups excluding carboxylic acids is 2. The molecule has 13 heteroatoms. The van der Waals surface area contributed by atoms with E-state index in [9.17, 15) is 19.8 Å². The van der Waals surface area contributed by atoms with Crippen molar-refractivity contribution in [2.75, 3.05) is 13.1 Å². The number of aliphatic carboxylic acids is 2. The van der Waals surface area contributed by atoms with Crippen LogP contribution in [0.3, 0.4) is 0 Å². The van der Waals surface area contributed by atoms with E-state index in [0.29, 0.717) is 38.8 Å². The molecule has 0 aromatic carbocycles. The fraction of sp³-hybridized carbons (Fsp3) is 0.667. The predicted octanol–water partition coefficient (Wildman–Crippen LogP) is -5.73. The van der Waals surface area contributed by atoms with Gasteiger partial charge < -0.3 is 53.4 Å². The molecule has 2 radical (unpaired) electrons. The third-order valence-corrected chi connectivity index (χ3v) is 2.62. The average molecular weight is 554 g/mol. The zero-order valence-corrected chi connectivity index (χ0v) is 17.7. The number of hydrogen-bond donors (Lipinski definition) is 8. The van der Waals surface area contributed by atoms with Crippen molar-refractivity contribution in [3.63, 3.8) is 0 Å². The number of carboxylic acid groups (broad SMARTS) is 2. The Bertz CT molecular complexity index is 386. The molecule has 142 valence electrons. The number of carboxylic acids is 2. The van der Waals surface area contributed by atoms with Crippen molar-refractivity contribution < 1.29 is 19.8 Å². The summed E-state index contributed by atoms with van der Waals surface area (Å²) in [5, 5.41) is 38.8. The van der Waals surface area contributed by atoms with Crippen LogP contribution in [0, 0.1) is 10.8 Å². The van der Waals surface area contributed by atoms with E-state index in [0.717, 1.165) is 0 Å². The second kappa shape index (κ2) is 17.2. The van der Waals surface area contributed by atoms with Gasteiger partial charge in [0, 0.05) is 25.2 Å². The van der Waals surface area contributed by atoms with Gasteiger partial charge in [-0.3, -0.25) is 10.8 Å². The first-order valence-electron chi connectivity index (χ1n) is 7.16. The van der Waals surface area contributed by atoms with Crippen LogP contribution in [0.15, 0.2) is 0 Å². The molecule has 0 saturated heterocycles. The topological polar surface area (TPSA) is 256 Å². The summed E-state index contributed by atoms with van der Waals surface area (Å²) in [6.45, 7) is 0.909. The second-order valence-corrected chi connectivity index (χ2v) is 4.82. The average Bonchev–Trinajstić information content (AvgIpc) is 2.47. The van der Waals surface area contributed by atoms with E-state index in [-0.39, 0.29) is 39.2 Å². The predicted molar refractivity (Wildman–Crippen MR) is 90.0 cm³/mol. The summed E-state index contributed by atoms with van der Waals surface area (Å²) in [7, 11) is 0. The molecule has 0 fully saturated rings. The van der Waals surface area contributed by atoms with Crippen LogP contribution in [0.25, 0.3) is 0 Å². The Morgan fingerprint density at radius 2 is 1.12 bits per heavy atom. The van der Waals surface area contributed by atoms with Gasteiger partial charge in [0.15, 0.2) is 11.9 Å². The first-order chi connectivity index (χ1) is 11.1. The van der Waals surface area contributed by atoms with Crippen molar-refractivity contribution in [3.8, 4) is 0 Å². The van der Waals surface area contributed by atoms with Crippen molar-refractivity contribution in [1.82, 2.24) is 10.6 Å². The molecule has 25 heavy (non-hydrogen) atoms. The maximum absolute atomic E-state index is 10.1. The molecule has 0 amide bonds. The van der Waals surface area contributed by atoms with Gasteiger partial charge >= 0.3 is 27.3 Å². The molecule has 0 saturated carbocycles. The van der Waals surface area contributed by atoms with Crippen LogP contribution in [-0.4, -0.2) is 76.3 Å². The molecule has 0 rings (SSSR count). The molecule has 2 atom stereocenters. The van der Waals surface area contributed by atoms with Crippen LogP contribution in [0.4, 0.5) is 0 Å². The number of guanidine groups is 2. The second-order valence-electron chi connectivity index (χ2n) is 4.82. The van der Waals surface area contributed by atoms with Crippen molar-refractivity contribution in [1.29, 1.82) is 10.8 Å². The SMILES string of the molecule is N=C(N)NCCC[C@H](N)C(=O)[O-].N=C(N)NCCC[C@H](N)C(=O)[O-].[Pb+2]. The van der Waals surface area contributed by atoms with E-state index in [2.05, 4.69) is 10.6 Å². The van der Waals surface area contributed by atoms with Gasteiger partial charge in [0.25, 0.3) is 0 Å². The van der Waals surface area contributed by atoms with Crippen molar-refractivity contribution >= 4 is 51.2 Å². The summed E-state index contributed by atoms with van der Waals surface area (Å²) in [6.07, 6.45) is 1.74. The van der Waals surface area contributed by atoms with Gasteiger partial charge in [0.1, 0.15) is 0 Å². The summed E-state index contributed by atoms with van der Waals surface area (Å²) in [6, 6.07) is -1.86. The van der Waals surface area contributed by atoms with Gasteiger partial charge in [0.05, 0.1) is 11.9 Å². The molecule has 0 heterocycles. The Kier molecular flexibility index (Phi) is 19.3. The van der Waals surface area contributed by atoms with Crippen LogP contribution in [0.1, 0.15) is 25.7 Å². The van der Waals surface area contributed by atoms with Gasteiger partial charge in [-0.1, -0.05) is 0 Å². The zero-order valence-electron chi connectivity index (χ0n) is 13.8. The molecule has 0 spiro atoms. The van der Waals surface area contributed by atoms with Gasteiger partial charge in [-0.15, -0.1) is 0 Å². The standard InChI is InChI=1S/2C6H14N4O2.Pb/c2*7-4(5(11)12)2-1-3-10-6(8)9;/h2*4H,1-3,7H2,(H,11,12)(H4,8,9,10);/q;;+2/p-2/t2*4-;/m00./s1. The molecule has 0 bridgehead atoms. The van der Waals surface area contributed by atoms with Crippen molar-refractivity contribution in [3.05, 3.63) is 0 Å². The van der Waals surface area contributed by atoms with Gasteiger partial charge in [0.2, 0.25) is 0 Å². The number of nitrogens with one attached hydrogen (secondary N) is 4. The summed E-state index contributed by atoms with van der Waals surface area (Å²) in [5.74, 6) is -2.76. The third kappa shape index (κ3) is 22.3. The largest absolute Gasteiger partial charge is 2.00 e. The van der Waals surface area contributed by atoms with Crippen molar-refractivity contribution in [2.24, 2.45) is 22.9 Å². The minimum absolute atomic E-state index is 0. The third-order valence-electron chi connectivity index (χ3n) is 2.62. The number of carbonyl (C=O) groups is 2. The zero-order chi connectivity index (χ0) is 19.1. The van der Waals surface area contributed by atoms with Crippen LogP contribution in [-0.2, 0) is 9.59 Å². The van der Waals surface area contributed by atoms with Gasteiger partial charge in [-0.05, 0) is 25.7 Å². The van der Waals surface area contributed by atoms with E-state index in [1.54, 1.807) is 0 Å². The summed E-state index contributed by atoms with van der Waals surface area (Å²) < 4.78 is 0. The maximum atomic E-state index is 10.1. The van der Waals surface area contributed by atoms with Crippen LogP contribution < -0.4 is 43.8 Å². The van der Waals surface area contributed by atoms with Crippen LogP contribution >= 0.6 is 0 Å². The molecule has 0 aromatic rings. The number of rotatable bonds is 10. The molecule has 0 aliphatic carbocycles. The number of nitrogens with two attached hydrogens (primary N) is 4. The molecule has 0 aliphatic rings. The van der Waals surface area contributed by atoms with Gasteiger partial charge in [-0.2, -0.15) is 0 Å². The quantitative estimate of drug-likeness (QED) is 0.0550. The van der Waals surface area contributed by atoms with E-state index in [1.807, 2.05) is 0 Å².